The summed E-state index contributed by atoms with van der Waals surface area (Å²) in [5, 5.41) is 0. The molecule has 108 valence electrons. The summed E-state index contributed by atoms with van der Waals surface area (Å²) in [7, 11) is 0. The van der Waals surface area contributed by atoms with Gasteiger partial charge in [0.1, 0.15) is 0 Å². The standard InChI is InChI=1S/C21H24/c1-4-12-18(5-2)20-15-9-7-6-8-13-17(3)19-14-10-11-16-21(19)20/h5-17,19H,2,4H2,1,3H3/b7-6-,13-8+,15-9+,18-12+,21-20+/t17-,19?/m1/s1. The Labute approximate surface area is 129 Å². The normalized spacial score (nSPS) is 33.1. The summed E-state index contributed by atoms with van der Waals surface area (Å²) in [5.41, 5.74) is 3.88. The molecule has 0 bridgehead atoms. The summed E-state index contributed by atoms with van der Waals surface area (Å²) in [6.07, 6.45) is 27.0. The van der Waals surface area contributed by atoms with Crippen LogP contribution in [0.4, 0.5) is 0 Å². The van der Waals surface area contributed by atoms with Crippen molar-refractivity contribution in [2.24, 2.45) is 11.8 Å². The third-order valence-corrected chi connectivity index (χ3v) is 3.91. The number of allylic oxidation sites excluding steroid dienone is 15. The van der Waals surface area contributed by atoms with Gasteiger partial charge in [0.15, 0.2) is 0 Å². The third-order valence-electron chi connectivity index (χ3n) is 3.91. The van der Waals surface area contributed by atoms with Gasteiger partial charge in [0.25, 0.3) is 0 Å². The van der Waals surface area contributed by atoms with Crippen molar-refractivity contribution in [3.63, 3.8) is 0 Å². The molecule has 0 aromatic carbocycles. The van der Waals surface area contributed by atoms with Gasteiger partial charge in [-0.1, -0.05) is 93.3 Å². The molecule has 0 spiro atoms. The van der Waals surface area contributed by atoms with Crippen LogP contribution in [0.2, 0.25) is 0 Å². The van der Waals surface area contributed by atoms with Crippen LogP contribution in [-0.4, -0.2) is 0 Å². The first-order chi connectivity index (χ1) is 10.3. The maximum absolute atomic E-state index is 4.00. The molecular formula is C21H24. The number of fused-ring (bicyclic) bond motifs is 1. The molecule has 0 heterocycles. The average Bonchev–Trinajstić information content (AvgIpc) is 2.52. The van der Waals surface area contributed by atoms with Gasteiger partial charge in [-0.15, -0.1) is 0 Å². The Bertz CT molecular complexity index is 586. The molecule has 2 atom stereocenters. The Hall–Kier alpha value is -2.08. The molecule has 2 aliphatic rings. The molecule has 0 radical (unpaired) electrons. The third kappa shape index (κ3) is 3.72. The van der Waals surface area contributed by atoms with Crippen molar-refractivity contribution in [3.05, 3.63) is 96.2 Å². The van der Waals surface area contributed by atoms with E-state index in [-0.39, 0.29) is 0 Å². The fourth-order valence-electron chi connectivity index (χ4n) is 2.81. The van der Waals surface area contributed by atoms with Gasteiger partial charge in [-0.3, -0.25) is 0 Å². The minimum absolute atomic E-state index is 0.414. The maximum atomic E-state index is 4.00. The highest BCUT2D eigenvalue weighted by molar-refractivity contribution is 5.55. The highest BCUT2D eigenvalue weighted by Crippen LogP contribution is 2.33. The van der Waals surface area contributed by atoms with Crippen LogP contribution in [0, 0.1) is 11.8 Å². The van der Waals surface area contributed by atoms with E-state index in [4.69, 9.17) is 0 Å². The summed E-state index contributed by atoms with van der Waals surface area (Å²) in [6.45, 7) is 8.44. The molecule has 0 heteroatoms. The molecule has 0 aromatic rings. The van der Waals surface area contributed by atoms with E-state index in [2.05, 4.69) is 87.3 Å². The highest BCUT2D eigenvalue weighted by Gasteiger charge is 2.20. The molecule has 0 fully saturated rings. The average molecular weight is 276 g/mol. The highest BCUT2D eigenvalue weighted by atomic mass is 14.2. The monoisotopic (exact) mass is 276 g/mol. The second-order valence-corrected chi connectivity index (χ2v) is 5.40. The van der Waals surface area contributed by atoms with E-state index in [1.165, 1.54) is 16.7 Å². The zero-order valence-corrected chi connectivity index (χ0v) is 13.0. The molecule has 0 aliphatic heterocycles. The molecule has 0 saturated carbocycles. The lowest BCUT2D eigenvalue weighted by molar-refractivity contribution is 0.587. The van der Waals surface area contributed by atoms with Crippen molar-refractivity contribution in [2.45, 2.75) is 20.3 Å². The quantitative estimate of drug-likeness (QED) is 0.566. The SMILES string of the molecule is C=CC(=C\CC)/C1=C2\C=CC=CC2[C@H](C)/C=C/C=C\C=C\1. The molecule has 0 N–H and O–H groups in total. The van der Waals surface area contributed by atoms with E-state index in [1.54, 1.807) is 0 Å². The predicted octanol–water partition coefficient (Wildman–Crippen LogP) is 5.87. The Balaban J connectivity index is 2.61. The first kappa shape index (κ1) is 15.3. The summed E-state index contributed by atoms with van der Waals surface area (Å²) >= 11 is 0. The van der Waals surface area contributed by atoms with Crippen LogP contribution < -0.4 is 0 Å². The van der Waals surface area contributed by atoms with Crippen LogP contribution in [0.25, 0.3) is 0 Å². The van der Waals surface area contributed by atoms with E-state index in [0.29, 0.717) is 11.8 Å². The number of hydrogen-bond donors (Lipinski definition) is 0. The van der Waals surface area contributed by atoms with E-state index in [0.717, 1.165) is 6.42 Å². The van der Waals surface area contributed by atoms with Crippen molar-refractivity contribution in [1.29, 1.82) is 0 Å². The van der Waals surface area contributed by atoms with Crippen LogP contribution >= 0.6 is 0 Å². The summed E-state index contributed by atoms with van der Waals surface area (Å²) in [5.74, 6) is 0.887. The lowest BCUT2D eigenvalue weighted by Gasteiger charge is -2.25. The lowest BCUT2D eigenvalue weighted by atomic mass is 9.79. The molecule has 0 amide bonds. The molecule has 2 aliphatic carbocycles. The fourth-order valence-corrected chi connectivity index (χ4v) is 2.81. The van der Waals surface area contributed by atoms with E-state index >= 15 is 0 Å². The zero-order valence-electron chi connectivity index (χ0n) is 13.0. The van der Waals surface area contributed by atoms with Crippen LogP contribution in [0.15, 0.2) is 96.2 Å². The predicted molar refractivity (Wildman–Crippen MR) is 94.0 cm³/mol. The van der Waals surface area contributed by atoms with Crippen molar-refractivity contribution >= 4 is 0 Å². The van der Waals surface area contributed by atoms with Crippen LogP contribution in [0.3, 0.4) is 0 Å². The van der Waals surface area contributed by atoms with Crippen molar-refractivity contribution in [2.75, 3.05) is 0 Å². The van der Waals surface area contributed by atoms with E-state index < -0.39 is 0 Å². The van der Waals surface area contributed by atoms with Gasteiger partial charge in [0.05, 0.1) is 0 Å². The lowest BCUT2D eigenvalue weighted by Crippen LogP contribution is -2.13. The van der Waals surface area contributed by atoms with Gasteiger partial charge in [-0.2, -0.15) is 0 Å². The van der Waals surface area contributed by atoms with Gasteiger partial charge in [-0.25, -0.2) is 0 Å². The molecule has 2 rings (SSSR count). The molecule has 0 aromatic heterocycles. The first-order valence-electron chi connectivity index (χ1n) is 7.71. The number of rotatable bonds is 3. The molecule has 1 unspecified atom stereocenters. The summed E-state index contributed by atoms with van der Waals surface area (Å²) in [4.78, 5) is 0. The molecule has 21 heavy (non-hydrogen) atoms. The largest absolute Gasteiger partial charge is 0.0985 e. The molecule has 0 nitrogen and oxygen atoms in total. The Morgan fingerprint density at radius 2 is 1.76 bits per heavy atom. The van der Waals surface area contributed by atoms with E-state index in [9.17, 15) is 0 Å². The second-order valence-electron chi connectivity index (χ2n) is 5.40. The maximum Gasteiger partial charge on any atom is 0.00875 e. The van der Waals surface area contributed by atoms with Crippen LogP contribution in [0.1, 0.15) is 20.3 Å². The Morgan fingerprint density at radius 1 is 1.05 bits per heavy atom. The van der Waals surface area contributed by atoms with Crippen LogP contribution in [-0.2, 0) is 0 Å². The van der Waals surface area contributed by atoms with Crippen molar-refractivity contribution in [1.82, 2.24) is 0 Å². The van der Waals surface area contributed by atoms with Gasteiger partial charge in [0.2, 0.25) is 0 Å². The van der Waals surface area contributed by atoms with Crippen molar-refractivity contribution in [3.8, 4) is 0 Å². The van der Waals surface area contributed by atoms with Gasteiger partial charge < -0.3 is 0 Å². The Morgan fingerprint density at radius 3 is 2.52 bits per heavy atom. The topological polar surface area (TPSA) is 0 Å². The number of hydrogen-bond acceptors (Lipinski definition) is 0. The van der Waals surface area contributed by atoms with E-state index in [1.807, 2.05) is 6.08 Å². The fraction of sp³-hybridized carbons (Fsp3) is 0.238. The van der Waals surface area contributed by atoms with Crippen molar-refractivity contribution < 1.29 is 0 Å². The molecule has 0 saturated heterocycles. The van der Waals surface area contributed by atoms with Gasteiger partial charge >= 0.3 is 0 Å². The minimum atomic E-state index is 0.414. The Kier molecular flexibility index (Phi) is 5.57. The summed E-state index contributed by atoms with van der Waals surface area (Å²) in [6, 6.07) is 0. The summed E-state index contributed by atoms with van der Waals surface area (Å²) < 4.78 is 0. The minimum Gasteiger partial charge on any atom is -0.0985 e. The smallest absolute Gasteiger partial charge is 0.00875 e. The molecular weight excluding hydrogens is 252 g/mol. The first-order valence-corrected chi connectivity index (χ1v) is 7.71. The van der Waals surface area contributed by atoms with Crippen LogP contribution in [0.5, 0.6) is 0 Å². The van der Waals surface area contributed by atoms with Gasteiger partial charge in [-0.05, 0) is 29.1 Å². The van der Waals surface area contributed by atoms with Gasteiger partial charge in [0, 0.05) is 5.92 Å². The zero-order chi connectivity index (χ0) is 15.1. The second kappa shape index (κ2) is 7.64.